The number of aromatic nitrogens is 3. The van der Waals surface area contributed by atoms with E-state index in [1.807, 2.05) is 6.92 Å². The number of aromatic carboxylic acids is 1. The molecule has 0 aliphatic rings. The average molecular weight is 265 g/mol. The predicted molar refractivity (Wildman–Crippen MR) is 63.4 cm³/mol. The van der Waals surface area contributed by atoms with Crippen molar-refractivity contribution in [2.24, 2.45) is 0 Å². The first-order chi connectivity index (χ1) is 9.11. The van der Waals surface area contributed by atoms with Crippen LogP contribution in [0.2, 0.25) is 0 Å². The zero-order valence-electron chi connectivity index (χ0n) is 10.2. The lowest BCUT2D eigenvalue weighted by molar-refractivity contribution is 0.0691. The Morgan fingerprint density at radius 1 is 1.53 bits per heavy atom. The van der Waals surface area contributed by atoms with E-state index in [1.54, 1.807) is 4.68 Å². The van der Waals surface area contributed by atoms with E-state index in [9.17, 15) is 9.18 Å². The fraction of sp³-hybridized carbons (Fsp3) is 0.250. The first kappa shape index (κ1) is 13.0. The maximum Gasteiger partial charge on any atom is 0.339 e. The minimum Gasteiger partial charge on any atom is -0.485 e. The molecule has 100 valence electrons. The largest absolute Gasteiger partial charge is 0.485 e. The molecule has 0 atom stereocenters. The maximum absolute atomic E-state index is 13.0. The number of carboxylic acids is 1. The van der Waals surface area contributed by atoms with Gasteiger partial charge in [0.05, 0.1) is 0 Å². The van der Waals surface area contributed by atoms with E-state index in [4.69, 9.17) is 9.84 Å². The molecule has 2 rings (SSSR count). The zero-order chi connectivity index (χ0) is 13.8. The van der Waals surface area contributed by atoms with Crippen LogP contribution in [0.5, 0.6) is 5.75 Å². The predicted octanol–water partition coefficient (Wildman–Crippen LogP) is 1.71. The quantitative estimate of drug-likeness (QED) is 0.890. The molecule has 1 N–H and O–H groups in total. The van der Waals surface area contributed by atoms with Crippen LogP contribution in [0.4, 0.5) is 4.39 Å². The van der Waals surface area contributed by atoms with Crippen molar-refractivity contribution >= 4 is 5.97 Å². The van der Waals surface area contributed by atoms with Gasteiger partial charge in [-0.05, 0) is 25.1 Å². The molecule has 0 amide bonds. The molecule has 0 aliphatic heterocycles. The third-order valence-electron chi connectivity index (χ3n) is 2.52. The van der Waals surface area contributed by atoms with Gasteiger partial charge >= 0.3 is 5.97 Å². The van der Waals surface area contributed by atoms with E-state index in [1.165, 1.54) is 12.4 Å². The summed E-state index contributed by atoms with van der Waals surface area (Å²) < 4.78 is 20.0. The van der Waals surface area contributed by atoms with Gasteiger partial charge in [-0.1, -0.05) is 0 Å². The highest BCUT2D eigenvalue weighted by Gasteiger charge is 2.13. The fourth-order valence-corrected chi connectivity index (χ4v) is 1.60. The van der Waals surface area contributed by atoms with E-state index in [0.29, 0.717) is 12.4 Å². The van der Waals surface area contributed by atoms with Gasteiger partial charge in [0, 0.05) is 6.54 Å². The van der Waals surface area contributed by atoms with E-state index in [-0.39, 0.29) is 17.9 Å². The van der Waals surface area contributed by atoms with Crippen molar-refractivity contribution in [1.82, 2.24) is 14.8 Å². The first-order valence-electron chi connectivity index (χ1n) is 5.64. The van der Waals surface area contributed by atoms with Gasteiger partial charge < -0.3 is 9.84 Å². The Morgan fingerprint density at radius 2 is 2.32 bits per heavy atom. The van der Waals surface area contributed by atoms with Crippen molar-refractivity contribution in [3.63, 3.8) is 0 Å². The molecule has 1 aromatic carbocycles. The summed E-state index contributed by atoms with van der Waals surface area (Å²) in [5.74, 6) is -1.20. The number of benzene rings is 1. The molecule has 0 saturated carbocycles. The standard InChI is InChI=1S/C12H12FN3O3/c1-2-16-11(14-7-15-16)6-19-10-4-3-8(13)5-9(10)12(17)18/h3-5,7H,2,6H2,1H3,(H,17,18). The molecule has 1 aromatic heterocycles. The Morgan fingerprint density at radius 3 is 3.00 bits per heavy atom. The lowest BCUT2D eigenvalue weighted by Gasteiger charge is -2.09. The molecule has 1 heterocycles. The van der Waals surface area contributed by atoms with Crippen LogP contribution in [-0.2, 0) is 13.2 Å². The Hall–Kier alpha value is -2.44. The molecule has 6 nitrogen and oxygen atoms in total. The van der Waals surface area contributed by atoms with Gasteiger partial charge in [0.25, 0.3) is 0 Å². The summed E-state index contributed by atoms with van der Waals surface area (Å²) in [4.78, 5) is 15.0. The van der Waals surface area contributed by atoms with Crippen molar-refractivity contribution in [2.75, 3.05) is 0 Å². The summed E-state index contributed by atoms with van der Waals surface area (Å²) >= 11 is 0. The topological polar surface area (TPSA) is 77.2 Å². The van der Waals surface area contributed by atoms with Crippen molar-refractivity contribution < 1.29 is 19.0 Å². The first-order valence-corrected chi connectivity index (χ1v) is 5.64. The minimum absolute atomic E-state index is 0.0692. The highest BCUT2D eigenvalue weighted by molar-refractivity contribution is 5.90. The maximum atomic E-state index is 13.0. The van der Waals surface area contributed by atoms with Crippen LogP contribution < -0.4 is 4.74 Å². The monoisotopic (exact) mass is 265 g/mol. The Balaban J connectivity index is 2.18. The third kappa shape index (κ3) is 2.87. The van der Waals surface area contributed by atoms with Crippen LogP contribution in [0.3, 0.4) is 0 Å². The number of halogens is 1. The average Bonchev–Trinajstić information content (AvgIpc) is 2.84. The normalized spacial score (nSPS) is 10.4. The summed E-state index contributed by atoms with van der Waals surface area (Å²) in [7, 11) is 0. The Kier molecular flexibility index (Phi) is 3.74. The van der Waals surface area contributed by atoms with Crippen LogP contribution in [0.25, 0.3) is 0 Å². The molecule has 19 heavy (non-hydrogen) atoms. The number of nitrogens with zero attached hydrogens (tertiary/aromatic N) is 3. The van der Waals surface area contributed by atoms with Crippen molar-refractivity contribution in [3.05, 3.63) is 41.7 Å². The van der Waals surface area contributed by atoms with Crippen molar-refractivity contribution in [1.29, 1.82) is 0 Å². The molecule has 0 spiro atoms. The number of carboxylic acid groups (broad SMARTS) is 1. The molecule has 7 heteroatoms. The SMILES string of the molecule is CCn1ncnc1COc1ccc(F)cc1C(=O)O. The van der Waals surface area contributed by atoms with E-state index in [2.05, 4.69) is 10.1 Å². The van der Waals surface area contributed by atoms with Gasteiger partial charge in [-0.25, -0.2) is 18.9 Å². The second-order valence-electron chi connectivity index (χ2n) is 3.73. The molecular weight excluding hydrogens is 253 g/mol. The van der Waals surface area contributed by atoms with Crippen LogP contribution in [0, 0.1) is 5.82 Å². The molecule has 0 saturated heterocycles. The highest BCUT2D eigenvalue weighted by Crippen LogP contribution is 2.20. The van der Waals surface area contributed by atoms with Crippen LogP contribution >= 0.6 is 0 Å². The molecule has 2 aromatic rings. The highest BCUT2D eigenvalue weighted by atomic mass is 19.1. The summed E-state index contributed by atoms with van der Waals surface area (Å²) in [6.45, 7) is 2.60. The van der Waals surface area contributed by atoms with Crippen LogP contribution in [0.1, 0.15) is 23.1 Å². The van der Waals surface area contributed by atoms with E-state index < -0.39 is 11.8 Å². The number of ether oxygens (including phenoxy) is 1. The van der Waals surface area contributed by atoms with Gasteiger partial charge in [-0.3, -0.25) is 0 Å². The number of rotatable bonds is 5. The van der Waals surface area contributed by atoms with E-state index >= 15 is 0 Å². The second-order valence-corrected chi connectivity index (χ2v) is 3.73. The number of carbonyl (C=O) groups is 1. The lowest BCUT2D eigenvalue weighted by Crippen LogP contribution is -2.09. The molecule has 0 fully saturated rings. The van der Waals surface area contributed by atoms with Gasteiger partial charge in [0.15, 0.2) is 5.82 Å². The Labute approximate surface area is 108 Å². The van der Waals surface area contributed by atoms with E-state index in [0.717, 1.165) is 12.1 Å². The van der Waals surface area contributed by atoms with Crippen molar-refractivity contribution in [2.45, 2.75) is 20.1 Å². The van der Waals surface area contributed by atoms with Gasteiger partial charge in [0.2, 0.25) is 0 Å². The minimum atomic E-state index is -1.24. The van der Waals surface area contributed by atoms with Gasteiger partial charge in [-0.15, -0.1) is 0 Å². The number of hydrogen-bond acceptors (Lipinski definition) is 4. The molecule has 0 radical (unpaired) electrons. The summed E-state index contributed by atoms with van der Waals surface area (Å²) in [6.07, 6.45) is 1.39. The summed E-state index contributed by atoms with van der Waals surface area (Å²) in [5, 5.41) is 12.9. The number of hydrogen-bond donors (Lipinski definition) is 1. The second kappa shape index (κ2) is 5.47. The lowest BCUT2D eigenvalue weighted by atomic mass is 10.2. The zero-order valence-corrected chi connectivity index (χ0v) is 10.2. The van der Waals surface area contributed by atoms with Crippen molar-refractivity contribution in [3.8, 4) is 5.75 Å². The summed E-state index contributed by atoms with van der Waals surface area (Å²) in [5.41, 5.74) is -0.220. The molecular formula is C12H12FN3O3. The fourth-order valence-electron chi connectivity index (χ4n) is 1.60. The smallest absolute Gasteiger partial charge is 0.339 e. The molecule has 0 bridgehead atoms. The van der Waals surface area contributed by atoms with Crippen LogP contribution in [0.15, 0.2) is 24.5 Å². The third-order valence-corrected chi connectivity index (χ3v) is 2.52. The Bertz CT molecular complexity index is 598. The van der Waals surface area contributed by atoms with Gasteiger partial charge in [0.1, 0.15) is 30.1 Å². The van der Waals surface area contributed by atoms with Crippen LogP contribution in [-0.4, -0.2) is 25.8 Å². The molecule has 0 aliphatic carbocycles. The number of aryl methyl sites for hydroxylation is 1. The molecule has 0 unspecified atom stereocenters. The van der Waals surface area contributed by atoms with Gasteiger partial charge in [-0.2, -0.15) is 5.10 Å². The summed E-state index contributed by atoms with van der Waals surface area (Å²) in [6, 6.07) is 3.35.